The first-order valence-electron chi connectivity index (χ1n) is 4.84. The molecule has 1 aromatic carbocycles. The highest BCUT2D eigenvalue weighted by atomic mass is 14.9. The van der Waals surface area contributed by atoms with Gasteiger partial charge in [0.25, 0.3) is 0 Å². The highest BCUT2D eigenvalue weighted by Crippen LogP contribution is 2.08. The fourth-order valence-corrected chi connectivity index (χ4v) is 1.19. The number of anilines is 1. The van der Waals surface area contributed by atoms with Gasteiger partial charge in [0.2, 0.25) is 0 Å². The average molecular weight is 178 g/mol. The Balaban J connectivity index is 2.40. The van der Waals surface area contributed by atoms with E-state index in [9.17, 15) is 0 Å². The van der Waals surface area contributed by atoms with E-state index < -0.39 is 0 Å². The van der Waals surface area contributed by atoms with Gasteiger partial charge in [-0.15, -0.1) is 0 Å². The van der Waals surface area contributed by atoms with Crippen LogP contribution in [0.3, 0.4) is 0 Å². The number of hydrogen-bond donors (Lipinski definition) is 2. The van der Waals surface area contributed by atoms with Crippen molar-refractivity contribution in [1.82, 2.24) is 5.32 Å². The normalized spacial score (nSPS) is 10.0. The Morgan fingerprint density at radius 1 is 1.08 bits per heavy atom. The van der Waals surface area contributed by atoms with Crippen LogP contribution in [0.1, 0.15) is 12.5 Å². The third-order valence-electron chi connectivity index (χ3n) is 2.07. The van der Waals surface area contributed by atoms with Gasteiger partial charge in [0.1, 0.15) is 0 Å². The first-order chi connectivity index (χ1) is 6.36. The molecule has 0 amide bonds. The van der Waals surface area contributed by atoms with Gasteiger partial charge in [-0.25, -0.2) is 0 Å². The summed E-state index contributed by atoms with van der Waals surface area (Å²) < 4.78 is 0. The van der Waals surface area contributed by atoms with Crippen LogP contribution in [-0.4, -0.2) is 20.1 Å². The molecule has 0 saturated heterocycles. The predicted molar refractivity (Wildman–Crippen MR) is 58.2 cm³/mol. The molecular formula is C11H18N2. The van der Waals surface area contributed by atoms with Crippen LogP contribution in [0.25, 0.3) is 0 Å². The Hall–Kier alpha value is -1.02. The summed E-state index contributed by atoms with van der Waals surface area (Å²) in [6.45, 7) is 4.14. The van der Waals surface area contributed by atoms with E-state index in [1.54, 1.807) is 0 Å². The Bertz CT molecular complexity index is 228. The zero-order valence-corrected chi connectivity index (χ0v) is 8.43. The van der Waals surface area contributed by atoms with Crippen LogP contribution in [0.15, 0.2) is 24.3 Å². The van der Waals surface area contributed by atoms with Crippen molar-refractivity contribution in [1.29, 1.82) is 0 Å². The molecule has 0 aliphatic carbocycles. The first-order valence-corrected chi connectivity index (χ1v) is 4.84. The van der Waals surface area contributed by atoms with Crippen LogP contribution in [0.2, 0.25) is 0 Å². The maximum atomic E-state index is 3.33. The molecule has 0 bridgehead atoms. The van der Waals surface area contributed by atoms with Crippen LogP contribution < -0.4 is 10.6 Å². The molecule has 0 fully saturated rings. The molecule has 13 heavy (non-hydrogen) atoms. The van der Waals surface area contributed by atoms with Crippen molar-refractivity contribution < 1.29 is 0 Å². The van der Waals surface area contributed by atoms with Gasteiger partial charge in [-0.1, -0.05) is 19.1 Å². The molecule has 0 aromatic heterocycles. The average Bonchev–Trinajstić information content (AvgIpc) is 2.19. The topological polar surface area (TPSA) is 24.1 Å². The third kappa shape index (κ3) is 3.47. The Morgan fingerprint density at radius 2 is 1.77 bits per heavy atom. The molecule has 2 heteroatoms. The van der Waals surface area contributed by atoms with Gasteiger partial charge >= 0.3 is 0 Å². The number of rotatable bonds is 5. The van der Waals surface area contributed by atoms with E-state index in [1.165, 1.54) is 11.3 Å². The van der Waals surface area contributed by atoms with Crippen molar-refractivity contribution in [2.75, 3.05) is 25.5 Å². The van der Waals surface area contributed by atoms with E-state index >= 15 is 0 Å². The summed E-state index contributed by atoms with van der Waals surface area (Å²) in [5.41, 5.74) is 2.59. The Labute approximate surface area is 80.4 Å². The minimum atomic E-state index is 0.974. The molecule has 0 unspecified atom stereocenters. The van der Waals surface area contributed by atoms with Crippen molar-refractivity contribution >= 4 is 5.69 Å². The van der Waals surface area contributed by atoms with Crippen LogP contribution in [0.4, 0.5) is 5.69 Å². The van der Waals surface area contributed by atoms with Gasteiger partial charge in [-0.2, -0.15) is 0 Å². The van der Waals surface area contributed by atoms with E-state index in [0.29, 0.717) is 0 Å². The lowest BCUT2D eigenvalue weighted by atomic mass is 10.1. The molecule has 0 heterocycles. The summed E-state index contributed by atoms with van der Waals surface area (Å²) in [5, 5.41) is 6.43. The van der Waals surface area contributed by atoms with E-state index in [4.69, 9.17) is 0 Å². The molecule has 72 valence electrons. The Kier molecular flexibility index (Phi) is 4.33. The summed E-state index contributed by atoms with van der Waals surface area (Å²) in [6.07, 6.45) is 1.11. The van der Waals surface area contributed by atoms with Crippen LogP contribution in [-0.2, 0) is 6.42 Å². The van der Waals surface area contributed by atoms with Crippen molar-refractivity contribution in [3.05, 3.63) is 29.8 Å². The summed E-state index contributed by atoms with van der Waals surface area (Å²) in [4.78, 5) is 0. The number of nitrogens with one attached hydrogen (secondary N) is 2. The van der Waals surface area contributed by atoms with Crippen molar-refractivity contribution in [2.45, 2.75) is 13.3 Å². The molecule has 0 radical (unpaired) electrons. The second-order valence-electron chi connectivity index (χ2n) is 3.08. The fraction of sp³-hybridized carbons (Fsp3) is 0.455. The lowest BCUT2D eigenvalue weighted by Crippen LogP contribution is -2.17. The molecule has 1 aromatic rings. The standard InChI is InChI=1S/C11H18N2/c1-3-10-4-6-11(7-5-10)13-9-8-12-2/h4-7,12-13H,3,8-9H2,1-2H3. The van der Waals surface area contributed by atoms with E-state index in [-0.39, 0.29) is 0 Å². The van der Waals surface area contributed by atoms with Gasteiger partial charge < -0.3 is 10.6 Å². The second-order valence-corrected chi connectivity index (χ2v) is 3.08. The minimum absolute atomic E-state index is 0.974. The number of hydrogen-bond acceptors (Lipinski definition) is 2. The monoisotopic (exact) mass is 178 g/mol. The molecule has 2 N–H and O–H groups in total. The number of aryl methyl sites for hydroxylation is 1. The van der Waals surface area contributed by atoms with Crippen LogP contribution in [0.5, 0.6) is 0 Å². The van der Waals surface area contributed by atoms with E-state index in [2.05, 4.69) is 41.8 Å². The molecule has 0 atom stereocenters. The van der Waals surface area contributed by atoms with Crippen molar-refractivity contribution in [2.24, 2.45) is 0 Å². The number of benzene rings is 1. The fourth-order valence-electron chi connectivity index (χ4n) is 1.19. The maximum Gasteiger partial charge on any atom is 0.0340 e. The summed E-state index contributed by atoms with van der Waals surface area (Å²) in [5.74, 6) is 0. The van der Waals surface area contributed by atoms with Crippen molar-refractivity contribution in [3.8, 4) is 0 Å². The smallest absolute Gasteiger partial charge is 0.0340 e. The van der Waals surface area contributed by atoms with E-state index in [1.807, 2.05) is 7.05 Å². The summed E-state index contributed by atoms with van der Waals surface area (Å²) >= 11 is 0. The summed E-state index contributed by atoms with van der Waals surface area (Å²) in [6, 6.07) is 8.60. The SMILES string of the molecule is CCc1ccc(NCCNC)cc1. The highest BCUT2D eigenvalue weighted by Gasteiger charge is 1.91. The van der Waals surface area contributed by atoms with Gasteiger partial charge in [-0.3, -0.25) is 0 Å². The first kappa shape index (κ1) is 10.1. The van der Waals surface area contributed by atoms with E-state index in [0.717, 1.165) is 19.5 Å². The van der Waals surface area contributed by atoms with Crippen LogP contribution >= 0.6 is 0 Å². The summed E-state index contributed by atoms with van der Waals surface area (Å²) in [7, 11) is 1.96. The zero-order chi connectivity index (χ0) is 9.52. The zero-order valence-electron chi connectivity index (χ0n) is 8.43. The third-order valence-corrected chi connectivity index (χ3v) is 2.07. The Morgan fingerprint density at radius 3 is 2.31 bits per heavy atom. The molecule has 1 rings (SSSR count). The molecule has 0 spiro atoms. The maximum absolute atomic E-state index is 3.33. The molecule has 0 aliphatic heterocycles. The van der Waals surface area contributed by atoms with Gasteiger partial charge in [0.15, 0.2) is 0 Å². The lowest BCUT2D eigenvalue weighted by molar-refractivity contribution is 0.824. The minimum Gasteiger partial charge on any atom is -0.384 e. The molecule has 0 aliphatic rings. The van der Waals surface area contributed by atoms with Crippen molar-refractivity contribution in [3.63, 3.8) is 0 Å². The molecular weight excluding hydrogens is 160 g/mol. The second kappa shape index (κ2) is 5.60. The van der Waals surface area contributed by atoms with Gasteiger partial charge in [0, 0.05) is 18.8 Å². The largest absolute Gasteiger partial charge is 0.384 e. The van der Waals surface area contributed by atoms with Crippen LogP contribution in [0, 0.1) is 0 Å². The van der Waals surface area contributed by atoms with Gasteiger partial charge in [0.05, 0.1) is 0 Å². The highest BCUT2D eigenvalue weighted by molar-refractivity contribution is 5.44. The number of likely N-dealkylation sites (N-methyl/N-ethyl adjacent to an activating group) is 1. The van der Waals surface area contributed by atoms with Gasteiger partial charge in [-0.05, 0) is 31.2 Å². The lowest BCUT2D eigenvalue weighted by Gasteiger charge is -2.06. The molecule has 0 saturated carbocycles. The predicted octanol–water partition coefficient (Wildman–Crippen LogP) is 1.88. The molecule has 2 nitrogen and oxygen atoms in total. The quantitative estimate of drug-likeness (QED) is 0.673.